The number of hydrogen-bond donors (Lipinski definition) is 1. The zero-order chi connectivity index (χ0) is 17.7. The number of rotatable bonds is 5. The quantitative estimate of drug-likeness (QED) is 0.668. The van der Waals surface area contributed by atoms with Gasteiger partial charge < -0.3 is 14.6 Å². The second-order valence-corrected chi connectivity index (χ2v) is 7.03. The predicted molar refractivity (Wildman–Crippen MR) is 90.5 cm³/mol. The lowest BCUT2D eigenvalue weighted by Gasteiger charge is -2.19. The molecular formula is C19H26O4. The van der Waals surface area contributed by atoms with Gasteiger partial charge in [-0.25, -0.2) is 4.79 Å². The van der Waals surface area contributed by atoms with Gasteiger partial charge in [-0.05, 0) is 59.7 Å². The molecule has 4 nitrogen and oxygen atoms in total. The van der Waals surface area contributed by atoms with Crippen molar-refractivity contribution in [2.24, 2.45) is 5.41 Å². The lowest BCUT2D eigenvalue weighted by atomic mass is 9.97. The Morgan fingerprint density at radius 1 is 1.22 bits per heavy atom. The first-order chi connectivity index (χ1) is 10.5. The summed E-state index contributed by atoms with van der Waals surface area (Å²) in [5, 5.41) is 9.84. The minimum Gasteiger partial charge on any atom is -0.489 e. The van der Waals surface area contributed by atoms with Crippen molar-refractivity contribution in [3.8, 4) is 17.6 Å². The van der Waals surface area contributed by atoms with Crippen molar-refractivity contribution in [3.63, 3.8) is 0 Å². The minimum atomic E-state index is -0.978. The molecule has 0 amide bonds. The summed E-state index contributed by atoms with van der Waals surface area (Å²) in [6.45, 7) is 11.5. The molecule has 0 aliphatic carbocycles. The van der Waals surface area contributed by atoms with Crippen LogP contribution in [0.4, 0.5) is 0 Å². The van der Waals surface area contributed by atoms with Crippen LogP contribution in [0.1, 0.15) is 57.5 Å². The molecule has 126 valence electrons. The second kappa shape index (κ2) is 7.52. The van der Waals surface area contributed by atoms with Gasteiger partial charge in [0.2, 0.25) is 0 Å². The zero-order valence-electron chi connectivity index (χ0n) is 14.8. The van der Waals surface area contributed by atoms with Gasteiger partial charge >= 0.3 is 5.97 Å². The molecular weight excluding hydrogens is 292 g/mol. The van der Waals surface area contributed by atoms with Gasteiger partial charge in [0, 0.05) is 5.41 Å². The van der Waals surface area contributed by atoms with Crippen LogP contribution in [0, 0.1) is 17.3 Å². The second-order valence-electron chi connectivity index (χ2n) is 7.03. The van der Waals surface area contributed by atoms with Gasteiger partial charge in [0.15, 0.2) is 0 Å². The van der Waals surface area contributed by atoms with Crippen LogP contribution in [0.2, 0.25) is 0 Å². The van der Waals surface area contributed by atoms with E-state index < -0.39 is 11.6 Å². The Morgan fingerprint density at radius 3 is 2.39 bits per heavy atom. The molecule has 1 N–H and O–H groups in total. The van der Waals surface area contributed by atoms with Gasteiger partial charge in [-0.3, -0.25) is 0 Å². The van der Waals surface area contributed by atoms with Crippen LogP contribution >= 0.6 is 0 Å². The summed E-state index contributed by atoms with van der Waals surface area (Å²) in [5.41, 5.74) is -0.0433. The van der Waals surface area contributed by atoms with Crippen molar-refractivity contribution < 1.29 is 19.4 Å². The van der Waals surface area contributed by atoms with Crippen LogP contribution in [0.25, 0.3) is 0 Å². The number of benzene rings is 1. The summed E-state index contributed by atoms with van der Waals surface area (Å²) in [4.78, 5) is 11.9. The molecule has 4 heteroatoms. The number of hydrogen-bond acceptors (Lipinski definition) is 4. The molecule has 0 saturated carbocycles. The largest absolute Gasteiger partial charge is 0.489 e. The van der Waals surface area contributed by atoms with Crippen LogP contribution in [0.3, 0.4) is 0 Å². The first-order valence-electron chi connectivity index (χ1n) is 7.71. The Kier molecular flexibility index (Phi) is 6.23. The van der Waals surface area contributed by atoms with Crippen molar-refractivity contribution in [2.45, 2.75) is 47.1 Å². The van der Waals surface area contributed by atoms with Crippen molar-refractivity contribution in [3.05, 3.63) is 29.3 Å². The number of ether oxygens (including phenoxy) is 2. The van der Waals surface area contributed by atoms with Gasteiger partial charge in [-0.15, -0.1) is 0 Å². The third-order valence-corrected chi connectivity index (χ3v) is 2.65. The number of carbonyl (C=O) groups excluding carboxylic acids is 1. The summed E-state index contributed by atoms with van der Waals surface area (Å²) in [6, 6.07) is 5.02. The van der Waals surface area contributed by atoms with E-state index in [-0.39, 0.29) is 12.0 Å². The van der Waals surface area contributed by atoms with E-state index in [2.05, 4.69) is 11.8 Å². The van der Waals surface area contributed by atoms with E-state index >= 15 is 0 Å². The maximum atomic E-state index is 11.9. The average molecular weight is 318 g/mol. The summed E-state index contributed by atoms with van der Waals surface area (Å²) in [7, 11) is 0. The predicted octanol–water partition coefficient (Wildman–Crippen LogP) is 3.41. The van der Waals surface area contributed by atoms with E-state index in [4.69, 9.17) is 9.47 Å². The molecule has 0 aliphatic rings. The van der Waals surface area contributed by atoms with E-state index in [0.29, 0.717) is 23.5 Å². The van der Waals surface area contributed by atoms with E-state index in [1.807, 2.05) is 20.8 Å². The third-order valence-electron chi connectivity index (χ3n) is 2.65. The van der Waals surface area contributed by atoms with Gasteiger partial charge in [0.05, 0.1) is 23.3 Å². The Labute approximate surface area is 138 Å². The molecule has 0 unspecified atom stereocenters. The molecule has 1 aromatic carbocycles. The Bertz CT molecular complexity index is 607. The number of esters is 1. The molecule has 0 saturated heterocycles. The van der Waals surface area contributed by atoms with Crippen molar-refractivity contribution in [2.75, 3.05) is 13.2 Å². The topological polar surface area (TPSA) is 55.8 Å². The summed E-state index contributed by atoms with van der Waals surface area (Å²) >= 11 is 0. The lowest BCUT2D eigenvalue weighted by molar-refractivity contribution is 0.0283. The maximum absolute atomic E-state index is 11.9. The molecule has 0 heterocycles. The highest BCUT2D eigenvalue weighted by Crippen LogP contribution is 2.23. The molecule has 1 rings (SSSR count). The molecule has 0 atom stereocenters. The molecule has 0 spiro atoms. The first kappa shape index (κ1) is 19.1. The third kappa shape index (κ3) is 7.21. The minimum absolute atomic E-state index is 0.101. The molecule has 0 aliphatic heterocycles. The monoisotopic (exact) mass is 318 g/mol. The standard InChI is InChI=1S/C19H26O4/c1-7-22-17(20)15-9-8-14(10-11-18(2,3)4)16(12-15)23-13-19(5,6)21/h8-9,12,21H,7,13H2,1-6H3. The molecule has 0 aromatic heterocycles. The Morgan fingerprint density at radius 2 is 1.87 bits per heavy atom. The van der Waals surface area contributed by atoms with Crippen molar-refractivity contribution >= 4 is 5.97 Å². The fourth-order valence-corrected chi connectivity index (χ4v) is 1.60. The highest BCUT2D eigenvalue weighted by atomic mass is 16.5. The van der Waals surface area contributed by atoms with Crippen LogP contribution in [-0.4, -0.2) is 29.9 Å². The maximum Gasteiger partial charge on any atom is 0.338 e. The van der Waals surface area contributed by atoms with Gasteiger partial charge in [-0.1, -0.05) is 11.8 Å². The van der Waals surface area contributed by atoms with Gasteiger partial charge in [0.25, 0.3) is 0 Å². The number of carbonyl (C=O) groups is 1. The highest BCUT2D eigenvalue weighted by Gasteiger charge is 2.16. The van der Waals surface area contributed by atoms with E-state index in [1.54, 1.807) is 39.0 Å². The van der Waals surface area contributed by atoms with Crippen LogP contribution < -0.4 is 4.74 Å². The lowest BCUT2D eigenvalue weighted by Crippen LogP contribution is -2.28. The van der Waals surface area contributed by atoms with Crippen LogP contribution in [0.15, 0.2) is 18.2 Å². The van der Waals surface area contributed by atoms with Crippen molar-refractivity contribution in [1.29, 1.82) is 0 Å². The Hall–Kier alpha value is -1.99. The van der Waals surface area contributed by atoms with E-state index in [1.165, 1.54) is 0 Å². The molecule has 23 heavy (non-hydrogen) atoms. The smallest absolute Gasteiger partial charge is 0.338 e. The fourth-order valence-electron chi connectivity index (χ4n) is 1.60. The number of aliphatic hydroxyl groups is 1. The first-order valence-corrected chi connectivity index (χ1v) is 7.71. The van der Waals surface area contributed by atoms with Gasteiger partial charge in [0.1, 0.15) is 12.4 Å². The molecule has 1 aromatic rings. The van der Waals surface area contributed by atoms with E-state index in [0.717, 1.165) is 0 Å². The molecule has 0 bridgehead atoms. The summed E-state index contributed by atoms with van der Waals surface area (Å²) in [5.74, 6) is 6.28. The normalized spacial score (nSPS) is 11.4. The molecule has 0 fully saturated rings. The summed E-state index contributed by atoms with van der Waals surface area (Å²) < 4.78 is 10.7. The Balaban J connectivity index is 3.17. The summed E-state index contributed by atoms with van der Waals surface area (Å²) in [6.07, 6.45) is 0. The average Bonchev–Trinajstić information content (AvgIpc) is 2.41. The zero-order valence-corrected chi connectivity index (χ0v) is 14.8. The van der Waals surface area contributed by atoms with Crippen LogP contribution in [-0.2, 0) is 4.74 Å². The van der Waals surface area contributed by atoms with E-state index in [9.17, 15) is 9.90 Å². The van der Waals surface area contributed by atoms with Gasteiger partial charge in [-0.2, -0.15) is 0 Å². The van der Waals surface area contributed by atoms with Crippen LogP contribution in [0.5, 0.6) is 5.75 Å². The highest BCUT2D eigenvalue weighted by molar-refractivity contribution is 5.90. The fraction of sp³-hybridized carbons (Fsp3) is 0.526. The van der Waals surface area contributed by atoms with Crippen molar-refractivity contribution in [1.82, 2.24) is 0 Å². The molecule has 0 radical (unpaired) electrons. The SMILES string of the molecule is CCOC(=O)c1ccc(C#CC(C)(C)C)c(OCC(C)(C)O)c1.